The lowest BCUT2D eigenvalue weighted by atomic mass is 9.91. The van der Waals surface area contributed by atoms with Gasteiger partial charge in [-0.25, -0.2) is 0 Å². The van der Waals surface area contributed by atoms with Gasteiger partial charge in [0.15, 0.2) is 0 Å². The van der Waals surface area contributed by atoms with E-state index in [2.05, 4.69) is 25.7 Å². The van der Waals surface area contributed by atoms with Crippen LogP contribution in [0.2, 0.25) is 0 Å². The molecule has 5 heteroatoms. The number of piperidine rings is 1. The number of amides is 1. The maximum absolute atomic E-state index is 12.4. The number of hydrogen-bond acceptors (Lipinski definition) is 3. The van der Waals surface area contributed by atoms with Crippen molar-refractivity contribution in [3.05, 3.63) is 0 Å². The Hall–Kier alpha value is -0.320. The number of hydrogen-bond donors (Lipinski definition) is 1. The number of likely N-dealkylation sites (tertiary alicyclic amines) is 1. The molecule has 1 fully saturated rings. The van der Waals surface area contributed by atoms with Gasteiger partial charge in [-0.2, -0.15) is 0 Å². The summed E-state index contributed by atoms with van der Waals surface area (Å²) in [6.07, 6.45) is 4.48. The molecule has 4 nitrogen and oxygen atoms in total. The van der Waals surface area contributed by atoms with E-state index in [9.17, 15) is 4.79 Å². The minimum atomic E-state index is 0. The van der Waals surface area contributed by atoms with Crippen LogP contribution in [0.5, 0.6) is 0 Å². The number of nitrogens with two attached hydrogens (primary N) is 1. The van der Waals surface area contributed by atoms with Gasteiger partial charge in [0, 0.05) is 25.7 Å². The highest BCUT2D eigenvalue weighted by Gasteiger charge is 2.29. The summed E-state index contributed by atoms with van der Waals surface area (Å²) >= 11 is 0. The van der Waals surface area contributed by atoms with E-state index in [1.165, 1.54) is 12.8 Å². The van der Waals surface area contributed by atoms with Crippen LogP contribution in [0.4, 0.5) is 0 Å². The van der Waals surface area contributed by atoms with E-state index in [1.807, 2.05) is 4.90 Å². The monoisotopic (exact) mass is 305 g/mol. The molecule has 2 unspecified atom stereocenters. The van der Waals surface area contributed by atoms with Crippen LogP contribution < -0.4 is 5.73 Å². The fourth-order valence-electron chi connectivity index (χ4n) is 3.09. The zero-order chi connectivity index (χ0) is 14.3. The van der Waals surface area contributed by atoms with Crippen LogP contribution in [-0.4, -0.2) is 54.5 Å². The van der Waals surface area contributed by atoms with Crippen LogP contribution in [0.15, 0.2) is 0 Å². The van der Waals surface area contributed by atoms with E-state index < -0.39 is 0 Å². The predicted molar refractivity (Wildman–Crippen MR) is 87.2 cm³/mol. The van der Waals surface area contributed by atoms with Gasteiger partial charge in [0.05, 0.1) is 6.54 Å². The first-order valence-electron chi connectivity index (χ1n) is 7.85. The van der Waals surface area contributed by atoms with Crippen molar-refractivity contribution in [3.63, 3.8) is 0 Å². The van der Waals surface area contributed by atoms with Gasteiger partial charge in [0.1, 0.15) is 0 Å². The summed E-state index contributed by atoms with van der Waals surface area (Å²) in [6, 6.07) is 0.378. The molecule has 0 spiro atoms. The van der Waals surface area contributed by atoms with Crippen LogP contribution >= 0.6 is 12.4 Å². The molecule has 1 saturated heterocycles. The van der Waals surface area contributed by atoms with Crippen molar-refractivity contribution < 1.29 is 4.79 Å². The first kappa shape index (κ1) is 19.7. The van der Waals surface area contributed by atoms with Gasteiger partial charge in [-0.05, 0) is 38.1 Å². The Kier molecular flexibility index (Phi) is 10.2. The molecule has 1 aliphatic heterocycles. The van der Waals surface area contributed by atoms with Gasteiger partial charge in [0.25, 0.3) is 0 Å². The zero-order valence-corrected chi connectivity index (χ0v) is 14.1. The Bertz CT molecular complexity index is 270. The summed E-state index contributed by atoms with van der Waals surface area (Å²) in [7, 11) is 0. The third-order valence-electron chi connectivity index (χ3n) is 4.15. The zero-order valence-electron chi connectivity index (χ0n) is 13.3. The second-order valence-corrected chi connectivity index (χ2v) is 5.77. The molecule has 0 saturated carbocycles. The Morgan fingerprint density at radius 3 is 2.40 bits per heavy atom. The summed E-state index contributed by atoms with van der Waals surface area (Å²) < 4.78 is 0. The molecule has 20 heavy (non-hydrogen) atoms. The summed E-state index contributed by atoms with van der Waals surface area (Å²) in [6.45, 7) is 10.5. The number of carbonyl (C=O) groups excluding carboxylic acids is 1. The van der Waals surface area contributed by atoms with E-state index in [4.69, 9.17) is 5.73 Å². The van der Waals surface area contributed by atoms with Crippen LogP contribution in [0.3, 0.4) is 0 Å². The molecule has 1 amide bonds. The first-order valence-corrected chi connectivity index (χ1v) is 7.85. The summed E-state index contributed by atoms with van der Waals surface area (Å²) in [4.78, 5) is 16.7. The van der Waals surface area contributed by atoms with Crippen molar-refractivity contribution >= 4 is 18.3 Å². The molecule has 0 radical (unpaired) electrons. The van der Waals surface area contributed by atoms with E-state index in [0.717, 1.165) is 32.5 Å². The highest BCUT2D eigenvalue weighted by atomic mass is 35.5. The van der Waals surface area contributed by atoms with Crippen molar-refractivity contribution in [1.29, 1.82) is 0 Å². The normalized spacial score (nSPS) is 23.2. The molecular weight excluding hydrogens is 274 g/mol. The second-order valence-electron chi connectivity index (χ2n) is 5.77. The summed E-state index contributed by atoms with van der Waals surface area (Å²) in [5.41, 5.74) is 5.89. The molecular formula is C15H32ClN3O. The molecule has 0 aliphatic carbocycles. The van der Waals surface area contributed by atoms with Gasteiger partial charge in [0.2, 0.25) is 5.91 Å². The molecule has 1 aliphatic rings. The number of nitrogens with zero attached hydrogens (tertiary/aromatic N) is 2. The standard InChI is InChI=1S/C15H31N3O.ClH/c1-4-8-17(9-5-2)15(19)12-18-10-6-7-13(3)14(18)11-16;/h13-14H,4-12,16H2,1-3H3;1H. The van der Waals surface area contributed by atoms with Crippen molar-refractivity contribution in [3.8, 4) is 0 Å². The van der Waals surface area contributed by atoms with Crippen LogP contribution in [-0.2, 0) is 4.79 Å². The summed E-state index contributed by atoms with van der Waals surface area (Å²) in [5, 5.41) is 0. The van der Waals surface area contributed by atoms with Crippen LogP contribution in [0.1, 0.15) is 46.5 Å². The quantitative estimate of drug-likeness (QED) is 0.784. The lowest BCUT2D eigenvalue weighted by Crippen LogP contribution is -2.52. The van der Waals surface area contributed by atoms with Crippen molar-refractivity contribution in [2.75, 3.05) is 32.7 Å². The van der Waals surface area contributed by atoms with Crippen molar-refractivity contribution in [1.82, 2.24) is 9.80 Å². The van der Waals surface area contributed by atoms with E-state index in [1.54, 1.807) is 0 Å². The Morgan fingerprint density at radius 1 is 1.30 bits per heavy atom. The van der Waals surface area contributed by atoms with Crippen molar-refractivity contribution in [2.45, 2.75) is 52.5 Å². The van der Waals surface area contributed by atoms with Crippen LogP contribution in [0.25, 0.3) is 0 Å². The minimum Gasteiger partial charge on any atom is -0.342 e. The van der Waals surface area contributed by atoms with Gasteiger partial charge in [-0.15, -0.1) is 12.4 Å². The topological polar surface area (TPSA) is 49.6 Å². The molecule has 0 aromatic carbocycles. The molecule has 0 bridgehead atoms. The lowest BCUT2D eigenvalue weighted by molar-refractivity contribution is -0.133. The Labute approximate surface area is 130 Å². The van der Waals surface area contributed by atoms with Gasteiger partial charge in [-0.1, -0.05) is 20.8 Å². The fraction of sp³-hybridized carbons (Fsp3) is 0.933. The van der Waals surface area contributed by atoms with Gasteiger partial charge >= 0.3 is 0 Å². The summed E-state index contributed by atoms with van der Waals surface area (Å²) in [5.74, 6) is 0.883. The molecule has 0 aromatic heterocycles. The minimum absolute atomic E-state index is 0. The molecule has 1 heterocycles. The number of halogens is 1. The maximum Gasteiger partial charge on any atom is 0.236 e. The van der Waals surface area contributed by atoms with E-state index in [-0.39, 0.29) is 18.3 Å². The first-order chi connectivity index (χ1) is 9.13. The molecule has 0 aromatic rings. The lowest BCUT2D eigenvalue weighted by Gasteiger charge is -2.39. The molecule has 120 valence electrons. The van der Waals surface area contributed by atoms with E-state index >= 15 is 0 Å². The maximum atomic E-state index is 12.4. The number of rotatable bonds is 7. The predicted octanol–water partition coefficient (Wildman–Crippen LogP) is 2.12. The Balaban J connectivity index is 0.00000361. The second kappa shape index (κ2) is 10.4. The molecule has 2 atom stereocenters. The average molecular weight is 306 g/mol. The van der Waals surface area contributed by atoms with Gasteiger partial charge in [-0.3, -0.25) is 9.69 Å². The third-order valence-corrected chi connectivity index (χ3v) is 4.15. The van der Waals surface area contributed by atoms with E-state index in [0.29, 0.717) is 25.0 Å². The SMILES string of the molecule is CCCN(CCC)C(=O)CN1CCCC(C)C1CN.Cl. The number of carbonyl (C=O) groups is 1. The highest BCUT2D eigenvalue weighted by Crippen LogP contribution is 2.22. The fourth-order valence-corrected chi connectivity index (χ4v) is 3.09. The van der Waals surface area contributed by atoms with Gasteiger partial charge < -0.3 is 10.6 Å². The largest absolute Gasteiger partial charge is 0.342 e. The highest BCUT2D eigenvalue weighted by molar-refractivity contribution is 5.85. The molecule has 1 rings (SSSR count). The third kappa shape index (κ3) is 5.58. The average Bonchev–Trinajstić information content (AvgIpc) is 2.38. The molecule has 2 N–H and O–H groups in total. The van der Waals surface area contributed by atoms with Crippen molar-refractivity contribution in [2.24, 2.45) is 11.7 Å². The van der Waals surface area contributed by atoms with Crippen LogP contribution in [0, 0.1) is 5.92 Å². The smallest absolute Gasteiger partial charge is 0.236 e. The Morgan fingerprint density at radius 2 is 1.90 bits per heavy atom.